The molecule has 1 aromatic heterocycles. The first-order valence-electron chi connectivity index (χ1n) is 8.17. The van der Waals surface area contributed by atoms with Crippen molar-refractivity contribution < 1.29 is 9.53 Å². The first-order chi connectivity index (χ1) is 12.6. The van der Waals surface area contributed by atoms with Gasteiger partial charge in [0, 0.05) is 11.4 Å². The number of nitrogens with one attached hydrogen (secondary N) is 1. The van der Waals surface area contributed by atoms with Crippen molar-refractivity contribution in [3.05, 3.63) is 72.1 Å². The molecule has 3 rings (SSSR count). The van der Waals surface area contributed by atoms with Crippen LogP contribution < -0.4 is 10.1 Å². The number of nitrogens with zero attached hydrogens (tertiary/aromatic N) is 2. The maximum absolute atomic E-state index is 12.3. The van der Waals surface area contributed by atoms with Crippen LogP contribution in [0.15, 0.2) is 65.8 Å². The van der Waals surface area contributed by atoms with Gasteiger partial charge >= 0.3 is 0 Å². The predicted molar refractivity (Wildman–Crippen MR) is 104 cm³/mol. The normalized spacial score (nSPS) is 10.4. The second-order valence-electron chi connectivity index (χ2n) is 5.68. The lowest BCUT2D eigenvalue weighted by molar-refractivity contribution is -0.113. The highest BCUT2D eigenvalue weighted by atomic mass is 32.2. The molecule has 2 aromatic carbocycles. The SMILES string of the molecule is Cc1cc(C)nc(SCC(=O)Nc2ccccc2Oc2ccccc2)n1. The van der Waals surface area contributed by atoms with Crippen LogP contribution in [-0.2, 0) is 4.79 Å². The number of aryl methyl sites for hydroxylation is 2. The lowest BCUT2D eigenvalue weighted by atomic mass is 10.3. The van der Waals surface area contributed by atoms with Gasteiger partial charge in [-0.2, -0.15) is 0 Å². The van der Waals surface area contributed by atoms with Crippen molar-refractivity contribution >= 4 is 23.4 Å². The van der Waals surface area contributed by atoms with Gasteiger partial charge < -0.3 is 10.1 Å². The molecule has 132 valence electrons. The average molecular weight is 365 g/mol. The second-order valence-corrected chi connectivity index (χ2v) is 6.62. The summed E-state index contributed by atoms with van der Waals surface area (Å²) >= 11 is 1.31. The molecule has 0 aliphatic heterocycles. The van der Waals surface area contributed by atoms with Crippen molar-refractivity contribution in [3.63, 3.8) is 0 Å². The van der Waals surface area contributed by atoms with Crippen LogP contribution in [0.5, 0.6) is 11.5 Å². The summed E-state index contributed by atoms with van der Waals surface area (Å²) in [7, 11) is 0. The van der Waals surface area contributed by atoms with Gasteiger partial charge in [-0.15, -0.1) is 0 Å². The zero-order valence-electron chi connectivity index (χ0n) is 14.6. The van der Waals surface area contributed by atoms with Gasteiger partial charge in [-0.1, -0.05) is 42.1 Å². The van der Waals surface area contributed by atoms with Gasteiger partial charge in [0.1, 0.15) is 5.75 Å². The molecule has 0 aliphatic carbocycles. The number of hydrogen-bond donors (Lipinski definition) is 1. The van der Waals surface area contributed by atoms with Crippen molar-refractivity contribution in [1.29, 1.82) is 0 Å². The van der Waals surface area contributed by atoms with E-state index in [1.54, 1.807) is 0 Å². The second kappa shape index (κ2) is 8.49. The van der Waals surface area contributed by atoms with E-state index in [1.165, 1.54) is 11.8 Å². The van der Waals surface area contributed by atoms with E-state index in [1.807, 2.05) is 74.5 Å². The molecule has 26 heavy (non-hydrogen) atoms. The van der Waals surface area contributed by atoms with Crippen LogP contribution in [-0.4, -0.2) is 21.6 Å². The first-order valence-corrected chi connectivity index (χ1v) is 9.15. The number of amides is 1. The van der Waals surface area contributed by atoms with E-state index in [0.717, 1.165) is 11.4 Å². The molecule has 0 saturated carbocycles. The molecule has 6 heteroatoms. The van der Waals surface area contributed by atoms with Gasteiger partial charge in [0.2, 0.25) is 5.91 Å². The van der Waals surface area contributed by atoms with Gasteiger partial charge in [0.15, 0.2) is 10.9 Å². The summed E-state index contributed by atoms with van der Waals surface area (Å²) in [6, 6.07) is 18.7. The molecular weight excluding hydrogens is 346 g/mol. The van der Waals surface area contributed by atoms with Crippen LogP contribution in [0.25, 0.3) is 0 Å². The highest BCUT2D eigenvalue weighted by Crippen LogP contribution is 2.29. The van der Waals surface area contributed by atoms with E-state index in [4.69, 9.17) is 4.74 Å². The molecule has 1 amide bonds. The number of thioether (sulfide) groups is 1. The van der Waals surface area contributed by atoms with E-state index >= 15 is 0 Å². The van der Waals surface area contributed by atoms with Crippen molar-refractivity contribution in [2.24, 2.45) is 0 Å². The fraction of sp³-hybridized carbons (Fsp3) is 0.150. The molecule has 0 aliphatic rings. The Morgan fingerprint density at radius 3 is 2.38 bits per heavy atom. The van der Waals surface area contributed by atoms with Crippen LogP contribution in [0.1, 0.15) is 11.4 Å². The van der Waals surface area contributed by atoms with Crippen LogP contribution >= 0.6 is 11.8 Å². The average Bonchev–Trinajstić information content (AvgIpc) is 2.62. The van der Waals surface area contributed by atoms with Crippen molar-refractivity contribution in [1.82, 2.24) is 9.97 Å². The summed E-state index contributed by atoms with van der Waals surface area (Å²) < 4.78 is 5.86. The zero-order valence-corrected chi connectivity index (χ0v) is 15.4. The number of aromatic nitrogens is 2. The fourth-order valence-corrected chi connectivity index (χ4v) is 3.10. The summed E-state index contributed by atoms with van der Waals surface area (Å²) in [5.41, 5.74) is 2.41. The maximum atomic E-state index is 12.3. The van der Waals surface area contributed by atoms with Gasteiger partial charge in [0.25, 0.3) is 0 Å². The molecule has 0 fully saturated rings. The molecule has 0 radical (unpaired) electrons. The molecule has 1 heterocycles. The Labute approximate surface area is 156 Å². The van der Waals surface area contributed by atoms with Gasteiger partial charge in [-0.3, -0.25) is 4.79 Å². The molecule has 1 N–H and O–H groups in total. The summed E-state index contributed by atoms with van der Waals surface area (Å²) in [4.78, 5) is 21.0. The Morgan fingerprint density at radius 2 is 1.65 bits per heavy atom. The number of rotatable bonds is 6. The lowest BCUT2D eigenvalue weighted by Gasteiger charge is -2.12. The highest BCUT2D eigenvalue weighted by molar-refractivity contribution is 7.99. The number of anilines is 1. The minimum atomic E-state index is -0.137. The standard InChI is InChI=1S/C20H19N3O2S/c1-14-12-15(2)22-20(21-14)26-13-19(24)23-17-10-6-7-11-18(17)25-16-8-4-3-5-9-16/h3-12H,13H2,1-2H3,(H,23,24). The number of hydrogen-bond acceptors (Lipinski definition) is 5. The van der Waals surface area contributed by atoms with E-state index in [-0.39, 0.29) is 11.7 Å². The topological polar surface area (TPSA) is 64.1 Å². The third-order valence-electron chi connectivity index (χ3n) is 3.43. The Bertz CT molecular complexity index is 880. The third-order valence-corrected chi connectivity index (χ3v) is 4.27. The zero-order chi connectivity index (χ0) is 18.4. The Kier molecular flexibility index (Phi) is 5.86. The molecule has 0 bridgehead atoms. The molecule has 0 unspecified atom stereocenters. The fourth-order valence-electron chi connectivity index (χ4n) is 2.35. The summed E-state index contributed by atoms with van der Waals surface area (Å²) in [5.74, 6) is 1.40. The minimum Gasteiger partial charge on any atom is -0.455 e. The van der Waals surface area contributed by atoms with Crippen LogP contribution in [0.4, 0.5) is 5.69 Å². The first kappa shape index (κ1) is 17.9. The summed E-state index contributed by atoms with van der Waals surface area (Å²) in [5, 5.41) is 3.49. The molecule has 0 spiro atoms. The van der Waals surface area contributed by atoms with Crippen molar-refractivity contribution in [2.75, 3.05) is 11.1 Å². The number of ether oxygens (including phenoxy) is 1. The van der Waals surface area contributed by atoms with Gasteiger partial charge in [-0.25, -0.2) is 9.97 Å². The minimum absolute atomic E-state index is 0.137. The number of benzene rings is 2. The predicted octanol–water partition coefficient (Wildman–Crippen LogP) is 4.62. The van der Waals surface area contributed by atoms with Crippen LogP contribution in [0.3, 0.4) is 0 Å². The maximum Gasteiger partial charge on any atom is 0.234 e. The number of carbonyl (C=O) groups is 1. The van der Waals surface area contributed by atoms with E-state index < -0.39 is 0 Å². The van der Waals surface area contributed by atoms with Crippen LogP contribution in [0, 0.1) is 13.8 Å². The van der Waals surface area contributed by atoms with E-state index in [9.17, 15) is 4.79 Å². The molecule has 5 nitrogen and oxygen atoms in total. The van der Waals surface area contributed by atoms with Crippen LogP contribution in [0.2, 0.25) is 0 Å². The van der Waals surface area contributed by atoms with Gasteiger partial charge in [0.05, 0.1) is 11.4 Å². The molecule has 0 saturated heterocycles. The third kappa shape index (κ3) is 5.07. The lowest BCUT2D eigenvalue weighted by Crippen LogP contribution is -2.15. The smallest absolute Gasteiger partial charge is 0.234 e. The number of carbonyl (C=O) groups excluding carboxylic acids is 1. The Morgan fingerprint density at radius 1 is 1.00 bits per heavy atom. The van der Waals surface area contributed by atoms with Gasteiger partial charge in [-0.05, 0) is 44.2 Å². The molecule has 3 aromatic rings. The van der Waals surface area contributed by atoms with E-state index in [0.29, 0.717) is 22.3 Å². The Balaban J connectivity index is 1.64. The Hall–Kier alpha value is -2.86. The summed E-state index contributed by atoms with van der Waals surface area (Å²) in [6.45, 7) is 3.83. The summed E-state index contributed by atoms with van der Waals surface area (Å²) in [6.07, 6.45) is 0. The number of para-hydroxylation sites is 3. The quantitative estimate of drug-likeness (QED) is 0.510. The largest absolute Gasteiger partial charge is 0.455 e. The molecular formula is C20H19N3O2S. The highest BCUT2D eigenvalue weighted by Gasteiger charge is 2.10. The van der Waals surface area contributed by atoms with E-state index in [2.05, 4.69) is 15.3 Å². The van der Waals surface area contributed by atoms with Crippen molar-refractivity contribution in [3.8, 4) is 11.5 Å². The monoisotopic (exact) mass is 365 g/mol. The van der Waals surface area contributed by atoms with Crippen molar-refractivity contribution in [2.45, 2.75) is 19.0 Å². The molecule has 0 atom stereocenters.